The lowest BCUT2D eigenvalue weighted by atomic mass is 10.1. The van der Waals surface area contributed by atoms with Gasteiger partial charge >= 0.3 is 0 Å². The van der Waals surface area contributed by atoms with Crippen LogP contribution in [0.4, 0.5) is 11.4 Å². The van der Waals surface area contributed by atoms with Gasteiger partial charge in [-0.05, 0) is 66.4 Å². The number of halogens is 5. The van der Waals surface area contributed by atoms with Gasteiger partial charge in [0, 0.05) is 27.3 Å². The lowest BCUT2D eigenvalue weighted by Gasteiger charge is -2.14. The van der Waals surface area contributed by atoms with Gasteiger partial charge in [0.25, 0.3) is 5.91 Å². The van der Waals surface area contributed by atoms with Crippen LogP contribution in [0.1, 0.15) is 39.9 Å². The van der Waals surface area contributed by atoms with Gasteiger partial charge in [-0.3, -0.25) is 9.59 Å². The highest BCUT2D eigenvalue weighted by Crippen LogP contribution is 2.65. The lowest BCUT2D eigenvalue weighted by molar-refractivity contribution is -0.117. The van der Waals surface area contributed by atoms with Crippen molar-refractivity contribution < 1.29 is 9.59 Å². The van der Waals surface area contributed by atoms with Crippen LogP contribution in [0, 0.1) is 12.8 Å². The molecule has 3 aromatic rings. The maximum absolute atomic E-state index is 13.1. The molecule has 4 nitrogen and oxygen atoms in total. The number of carbonyl (C=O) groups excluding carboxylic acids is 2. The van der Waals surface area contributed by atoms with Crippen LogP contribution < -0.4 is 10.6 Å². The molecule has 35 heavy (non-hydrogen) atoms. The minimum atomic E-state index is -1.31. The molecule has 2 atom stereocenters. The molecule has 0 aromatic heterocycles. The van der Waals surface area contributed by atoms with E-state index in [4.69, 9.17) is 58.0 Å². The normalized spacial score (nSPS) is 18.1. The molecule has 0 bridgehead atoms. The van der Waals surface area contributed by atoms with Crippen LogP contribution in [-0.2, 0) is 11.2 Å². The molecule has 2 N–H and O–H groups in total. The number of hydrogen-bond donors (Lipinski definition) is 2. The van der Waals surface area contributed by atoms with E-state index in [1.54, 1.807) is 30.3 Å². The molecule has 9 heteroatoms. The second-order valence-corrected chi connectivity index (χ2v) is 11.2. The largest absolute Gasteiger partial charge is 0.326 e. The fourth-order valence-corrected chi connectivity index (χ4v) is 5.78. The number of rotatable bonds is 6. The molecule has 0 radical (unpaired) electrons. The Morgan fingerprint density at radius 3 is 2.29 bits per heavy atom. The molecule has 0 spiro atoms. The van der Waals surface area contributed by atoms with Gasteiger partial charge in [-0.1, -0.05) is 59.9 Å². The Labute approximate surface area is 228 Å². The van der Waals surface area contributed by atoms with E-state index in [2.05, 4.69) is 10.6 Å². The number of alkyl halides is 2. The predicted octanol–water partition coefficient (Wildman–Crippen LogP) is 8.30. The molecule has 1 saturated carbocycles. The highest BCUT2D eigenvalue weighted by molar-refractivity contribution is 6.53. The Kier molecular flexibility index (Phi) is 7.61. The predicted molar refractivity (Wildman–Crippen MR) is 146 cm³/mol. The van der Waals surface area contributed by atoms with E-state index in [9.17, 15) is 9.59 Å². The molecule has 1 aliphatic rings. The maximum Gasteiger partial charge on any atom is 0.257 e. The van der Waals surface area contributed by atoms with E-state index in [0.717, 1.165) is 23.2 Å². The van der Waals surface area contributed by atoms with Gasteiger partial charge in [-0.15, -0.1) is 23.2 Å². The van der Waals surface area contributed by atoms with Gasteiger partial charge < -0.3 is 10.6 Å². The Balaban J connectivity index is 1.53. The molecular weight excluding hydrogens is 550 g/mol. The highest BCUT2D eigenvalue weighted by Gasteiger charge is 2.67. The van der Waals surface area contributed by atoms with Gasteiger partial charge in [-0.2, -0.15) is 0 Å². The SMILES string of the molecule is CCc1cccc(C)c1NC(=O)c1cc(NC(=O)[C@H]2[C@H](c3cc(Cl)cc(Cl)c3)C2(Cl)Cl)ccc1Cl. The smallest absolute Gasteiger partial charge is 0.257 e. The third kappa shape index (κ3) is 5.42. The summed E-state index contributed by atoms with van der Waals surface area (Å²) in [5.74, 6) is -1.98. The summed E-state index contributed by atoms with van der Waals surface area (Å²) in [5.41, 5.74) is 4.00. The Hall–Kier alpha value is -1.95. The number of benzene rings is 3. The number of nitrogens with one attached hydrogen (secondary N) is 2. The number of para-hydroxylation sites is 1. The fraction of sp³-hybridized carbons (Fsp3) is 0.231. The van der Waals surface area contributed by atoms with Crippen molar-refractivity contribution in [2.75, 3.05) is 10.6 Å². The van der Waals surface area contributed by atoms with Crippen LogP contribution in [0.15, 0.2) is 54.6 Å². The minimum absolute atomic E-state index is 0.228. The van der Waals surface area contributed by atoms with Gasteiger partial charge in [0.1, 0.15) is 4.33 Å². The topological polar surface area (TPSA) is 58.2 Å². The third-order valence-electron chi connectivity index (χ3n) is 6.04. The summed E-state index contributed by atoms with van der Waals surface area (Å²) >= 11 is 31.4. The first kappa shape index (κ1) is 26.1. The summed E-state index contributed by atoms with van der Waals surface area (Å²) in [7, 11) is 0. The molecule has 0 aliphatic heterocycles. The standard InChI is InChI=1S/C26H21Cl5N2O2/c1-3-14-6-4-5-13(2)23(14)33-24(34)19-12-18(7-8-20(19)29)32-25(35)22-21(26(22,30)31)15-9-16(27)11-17(28)10-15/h4-12,21-22H,3H2,1-2H3,(H,32,35)(H,33,34)/t21-,22+/m0/s1. The van der Waals surface area contributed by atoms with E-state index < -0.39 is 22.1 Å². The molecule has 4 rings (SSSR count). The van der Waals surface area contributed by atoms with E-state index in [1.165, 1.54) is 6.07 Å². The second-order valence-electron chi connectivity index (χ2n) is 8.43. The van der Waals surface area contributed by atoms with E-state index in [1.807, 2.05) is 32.0 Å². The number of amides is 2. The van der Waals surface area contributed by atoms with Crippen molar-refractivity contribution in [2.45, 2.75) is 30.5 Å². The van der Waals surface area contributed by atoms with Crippen molar-refractivity contribution in [3.8, 4) is 0 Å². The molecule has 1 fully saturated rings. The number of aryl methyl sites for hydroxylation is 2. The Morgan fingerprint density at radius 1 is 0.943 bits per heavy atom. The van der Waals surface area contributed by atoms with E-state index in [-0.39, 0.29) is 16.5 Å². The van der Waals surface area contributed by atoms with Gasteiger partial charge in [0.15, 0.2) is 0 Å². The van der Waals surface area contributed by atoms with Crippen molar-refractivity contribution in [1.29, 1.82) is 0 Å². The van der Waals surface area contributed by atoms with Gasteiger partial charge in [0.2, 0.25) is 5.91 Å². The van der Waals surface area contributed by atoms with Crippen LogP contribution in [0.5, 0.6) is 0 Å². The van der Waals surface area contributed by atoms with Gasteiger partial charge in [0.05, 0.1) is 16.5 Å². The monoisotopic (exact) mass is 568 g/mol. The summed E-state index contributed by atoms with van der Waals surface area (Å²) < 4.78 is -1.31. The zero-order valence-electron chi connectivity index (χ0n) is 18.8. The zero-order chi connectivity index (χ0) is 25.5. The molecule has 0 heterocycles. The molecule has 0 unspecified atom stereocenters. The highest BCUT2D eigenvalue weighted by atomic mass is 35.5. The van der Waals surface area contributed by atoms with E-state index in [0.29, 0.717) is 21.3 Å². The first-order chi connectivity index (χ1) is 16.5. The van der Waals surface area contributed by atoms with Crippen LogP contribution in [0.3, 0.4) is 0 Å². The quantitative estimate of drug-likeness (QED) is 0.293. The van der Waals surface area contributed by atoms with Crippen molar-refractivity contribution >= 4 is 81.2 Å². The molecule has 2 amide bonds. The van der Waals surface area contributed by atoms with Crippen molar-refractivity contribution in [3.63, 3.8) is 0 Å². The van der Waals surface area contributed by atoms with Crippen LogP contribution in [0.25, 0.3) is 0 Å². The minimum Gasteiger partial charge on any atom is -0.326 e. The third-order valence-corrected chi connectivity index (χ3v) is 7.74. The number of anilines is 2. The van der Waals surface area contributed by atoms with Crippen molar-refractivity contribution in [3.05, 3.63) is 91.9 Å². The van der Waals surface area contributed by atoms with Crippen LogP contribution >= 0.6 is 58.0 Å². The van der Waals surface area contributed by atoms with Crippen molar-refractivity contribution in [2.24, 2.45) is 5.92 Å². The summed E-state index contributed by atoms with van der Waals surface area (Å²) in [6, 6.07) is 15.5. The van der Waals surface area contributed by atoms with E-state index >= 15 is 0 Å². The average molecular weight is 571 g/mol. The zero-order valence-corrected chi connectivity index (χ0v) is 22.5. The maximum atomic E-state index is 13.1. The Morgan fingerprint density at radius 2 is 1.63 bits per heavy atom. The summed E-state index contributed by atoms with van der Waals surface area (Å²) in [6.45, 7) is 3.95. The number of carbonyl (C=O) groups is 2. The average Bonchev–Trinajstić information content (AvgIpc) is 3.37. The Bertz CT molecular complexity index is 1300. The lowest BCUT2D eigenvalue weighted by Crippen LogP contribution is -2.18. The molecule has 3 aromatic carbocycles. The molecule has 1 aliphatic carbocycles. The first-order valence-electron chi connectivity index (χ1n) is 10.9. The van der Waals surface area contributed by atoms with Crippen molar-refractivity contribution in [1.82, 2.24) is 0 Å². The summed E-state index contributed by atoms with van der Waals surface area (Å²) in [5, 5.41) is 6.86. The first-order valence-corrected chi connectivity index (χ1v) is 12.8. The summed E-state index contributed by atoms with van der Waals surface area (Å²) in [6.07, 6.45) is 0.764. The molecule has 0 saturated heterocycles. The summed E-state index contributed by atoms with van der Waals surface area (Å²) in [4.78, 5) is 26.1. The number of hydrogen-bond acceptors (Lipinski definition) is 2. The second kappa shape index (κ2) is 10.2. The van der Waals surface area contributed by atoms with Crippen LogP contribution in [0.2, 0.25) is 15.1 Å². The van der Waals surface area contributed by atoms with Gasteiger partial charge in [-0.25, -0.2) is 0 Å². The molecular formula is C26H21Cl5N2O2. The fourth-order valence-electron chi connectivity index (χ4n) is 4.20. The molecule has 182 valence electrons. The van der Waals surface area contributed by atoms with Crippen LogP contribution in [-0.4, -0.2) is 16.1 Å².